The van der Waals surface area contributed by atoms with E-state index in [0.29, 0.717) is 37.8 Å². The SMILES string of the molecule is Cc1c(C(N)=O)sc2nc(C)n(/N=c3\scc(-c4ccccc4)n3Cc3ccccc3)c(=O)c12. The number of hydrogen-bond acceptors (Lipinski definition) is 6. The second kappa shape index (κ2) is 8.85. The number of aromatic nitrogens is 3. The molecular formula is C25H21N5O2S2. The zero-order valence-electron chi connectivity index (χ0n) is 18.6. The number of amides is 1. The first kappa shape index (κ1) is 22.0. The van der Waals surface area contributed by atoms with Crippen LogP contribution in [0.5, 0.6) is 0 Å². The number of rotatable bonds is 5. The van der Waals surface area contributed by atoms with Crippen molar-refractivity contribution in [3.8, 4) is 11.3 Å². The quantitative estimate of drug-likeness (QED) is 0.404. The van der Waals surface area contributed by atoms with E-state index in [9.17, 15) is 9.59 Å². The second-order valence-corrected chi connectivity index (χ2v) is 9.65. The lowest BCUT2D eigenvalue weighted by atomic mass is 10.1. The Hall–Kier alpha value is -3.82. The Morgan fingerprint density at radius 3 is 2.41 bits per heavy atom. The average Bonchev–Trinajstić information content (AvgIpc) is 3.38. The first-order valence-electron chi connectivity index (χ1n) is 10.6. The van der Waals surface area contributed by atoms with Crippen molar-refractivity contribution in [2.75, 3.05) is 0 Å². The first-order chi connectivity index (χ1) is 16.4. The molecule has 0 bridgehead atoms. The van der Waals surface area contributed by atoms with Crippen molar-refractivity contribution in [3.63, 3.8) is 0 Å². The Morgan fingerprint density at radius 2 is 1.74 bits per heavy atom. The van der Waals surface area contributed by atoms with Crippen molar-refractivity contribution >= 4 is 38.8 Å². The van der Waals surface area contributed by atoms with Crippen LogP contribution in [-0.4, -0.2) is 20.1 Å². The van der Waals surface area contributed by atoms with E-state index in [4.69, 9.17) is 10.8 Å². The van der Waals surface area contributed by atoms with Gasteiger partial charge in [0.15, 0.2) is 0 Å². The Kier molecular flexibility index (Phi) is 5.72. The second-order valence-electron chi connectivity index (χ2n) is 7.82. The summed E-state index contributed by atoms with van der Waals surface area (Å²) in [6.45, 7) is 4.05. The summed E-state index contributed by atoms with van der Waals surface area (Å²) in [5, 5.41) is 7.16. The summed E-state index contributed by atoms with van der Waals surface area (Å²) < 4.78 is 3.41. The van der Waals surface area contributed by atoms with Gasteiger partial charge in [-0.2, -0.15) is 4.68 Å². The minimum Gasteiger partial charge on any atom is -0.365 e. The maximum Gasteiger partial charge on any atom is 0.283 e. The van der Waals surface area contributed by atoms with Gasteiger partial charge in [0.05, 0.1) is 22.5 Å². The third-order valence-electron chi connectivity index (χ3n) is 5.56. The van der Waals surface area contributed by atoms with E-state index in [-0.39, 0.29) is 5.56 Å². The fourth-order valence-corrected chi connectivity index (χ4v) is 5.85. The molecule has 0 spiro atoms. The largest absolute Gasteiger partial charge is 0.365 e. The number of carbonyl (C=O) groups excluding carboxylic acids is 1. The Morgan fingerprint density at radius 1 is 1.06 bits per heavy atom. The fourth-order valence-electron chi connectivity index (χ4n) is 3.88. The molecule has 9 heteroatoms. The van der Waals surface area contributed by atoms with Gasteiger partial charge in [-0.15, -0.1) is 27.8 Å². The van der Waals surface area contributed by atoms with Crippen LogP contribution in [0.3, 0.4) is 0 Å². The highest BCUT2D eigenvalue weighted by atomic mass is 32.1. The topological polar surface area (TPSA) is 95.3 Å². The number of aryl methyl sites for hydroxylation is 2. The number of nitrogens with two attached hydrogens (primary N) is 1. The van der Waals surface area contributed by atoms with Crippen molar-refractivity contribution in [2.45, 2.75) is 20.4 Å². The minimum atomic E-state index is -0.562. The molecule has 3 aromatic heterocycles. The van der Waals surface area contributed by atoms with Gasteiger partial charge < -0.3 is 10.3 Å². The third kappa shape index (κ3) is 3.89. The van der Waals surface area contributed by atoms with E-state index < -0.39 is 5.91 Å². The first-order valence-corrected chi connectivity index (χ1v) is 12.3. The van der Waals surface area contributed by atoms with Crippen LogP contribution < -0.4 is 16.1 Å². The monoisotopic (exact) mass is 487 g/mol. The molecule has 2 aromatic carbocycles. The van der Waals surface area contributed by atoms with Crippen LogP contribution in [0.25, 0.3) is 21.5 Å². The highest BCUT2D eigenvalue weighted by Gasteiger charge is 2.19. The van der Waals surface area contributed by atoms with Gasteiger partial charge in [0.1, 0.15) is 10.7 Å². The van der Waals surface area contributed by atoms with Gasteiger partial charge >= 0.3 is 0 Å². The Labute approximate surface area is 203 Å². The summed E-state index contributed by atoms with van der Waals surface area (Å²) in [5.74, 6) is -0.122. The molecule has 5 rings (SSSR count). The molecule has 34 heavy (non-hydrogen) atoms. The molecule has 0 saturated carbocycles. The predicted molar refractivity (Wildman–Crippen MR) is 136 cm³/mol. The molecule has 1 amide bonds. The minimum absolute atomic E-state index is 0.315. The molecule has 0 fully saturated rings. The maximum absolute atomic E-state index is 13.4. The zero-order valence-corrected chi connectivity index (χ0v) is 20.2. The lowest BCUT2D eigenvalue weighted by Gasteiger charge is -2.10. The predicted octanol–water partition coefficient (Wildman–Crippen LogP) is 4.12. The molecule has 0 unspecified atom stereocenters. The molecule has 0 saturated heterocycles. The smallest absolute Gasteiger partial charge is 0.283 e. The lowest BCUT2D eigenvalue weighted by Crippen LogP contribution is -2.26. The van der Waals surface area contributed by atoms with Gasteiger partial charge in [-0.05, 0) is 30.5 Å². The molecule has 5 aromatic rings. The number of nitrogens with zero attached hydrogens (tertiary/aromatic N) is 4. The summed E-state index contributed by atoms with van der Waals surface area (Å²) in [4.78, 5) is 31.3. The number of thiazole rings is 1. The van der Waals surface area contributed by atoms with Crippen LogP contribution in [0.1, 0.15) is 26.6 Å². The van der Waals surface area contributed by atoms with Crippen LogP contribution in [0.2, 0.25) is 0 Å². The molecule has 7 nitrogen and oxygen atoms in total. The summed E-state index contributed by atoms with van der Waals surface area (Å²) in [6.07, 6.45) is 0. The Balaban J connectivity index is 1.74. The summed E-state index contributed by atoms with van der Waals surface area (Å²) in [7, 11) is 0. The molecular weight excluding hydrogens is 466 g/mol. The maximum atomic E-state index is 13.4. The number of hydrogen-bond donors (Lipinski definition) is 1. The van der Waals surface area contributed by atoms with Gasteiger partial charge in [0.25, 0.3) is 11.5 Å². The van der Waals surface area contributed by atoms with Crippen LogP contribution in [0.15, 0.2) is 75.9 Å². The molecule has 0 aliphatic heterocycles. The van der Waals surface area contributed by atoms with Gasteiger partial charge in [-0.25, -0.2) is 4.98 Å². The Bertz CT molecular complexity index is 1640. The van der Waals surface area contributed by atoms with Crippen LogP contribution >= 0.6 is 22.7 Å². The zero-order chi connectivity index (χ0) is 23.8. The van der Waals surface area contributed by atoms with Crippen molar-refractivity contribution in [2.24, 2.45) is 10.8 Å². The number of benzene rings is 2. The van der Waals surface area contributed by atoms with E-state index >= 15 is 0 Å². The summed E-state index contributed by atoms with van der Waals surface area (Å²) in [6, 6.07) is 20.2. The average molecular weight is 488 g/mol. The van der Waals surface area contributed by atoms with E-state index in [1.807, 2.05) is 41.8 Å². The van der Waals surface area contributed by atoms with Crippen LogP contribution in [-0.2, 0) is 6.54 Å². The van der Waals surface area contributed by atoms with E-state index in [1.165, 1.54) is 16.0 Å². The third-order valence-corrected chi connectivity index (χ3v) is 7.62. The van der Waals surface area contributed by atoms with E-state index in [1.54, 1.807) is 13.8 Å². The van der Waals surface area contributed by atoms with Gasteiger partial charge in [0.2, 0.25) is 4.80 Å². The highest BCUT2D eigenvalue weighted by molar-refractivity contribution is 7.20. The number of fused-ring (bicyclic) bond motifs is 1. The number of carbonyl (C=O) groups is 1. The molecule has 2 N–H and O–H groups in total. The van der Waals surface area contributed by atoms with Gasteiger partial charge in [-0.1, -0.05) is 60.7 Å². The number of thiophene rings is 1. The number of primary amides is 1. The molecule has 0 aliphatic rings. The summed E-state index contributed by atoms with van der Waals surface area (Å²) >= 11 is 2.60. The van der Waals surface area contributed by atoms with Crippen molar-refractivity contribution in [1.82, 2.24) is 14.2 Å². The van der Waals surface area contributed by atoms with Crippen molar-refractivity contribution in [3.05, 3.63) is 103 Å². The molecule has 3 heterocycles. The molecule has 0 aliphatic carbocycles. The summed E-state index contributed by atoms with van der Waals surface area (Å²) in [5.41, 5.74) is 8.91. The van der Waals surface area contributed by atoms with Crippen LogP contribution in [0, 0.1) is 13.8 Å². The van der Waals surface area contributed by atoms with E-state index in [0.717, 1.165) is 28.2 Å². The molecule has 170 valence electrons. The standard InChI is InChI=1S/C25H21N5O2S2/c1-15-20-23(34-21(15)22(26)31)27-16(2)30(24(20)32)28-25-29(13-17-9-5-3-6-10-17)19(14-33-25)18-11-7-4-8-12-18/h3-12,14H,13H2,1-2H3,(H2,26,31)/b28-25-. The van der Waals surface area contributed by atoms with Gasteiger partial charge in [-0.3, -0.25) is 9.59 Å². The van der Waals surface area contributed by atoms with E-state index in [2.05, 4.69) is 33.8 Å². The normalized spacial score (nSPS) is 11.9. The molecule has 0 radical (unpaired) electrons. The lowest BCUT2D eigenvalue weighted by molar-refractivity contribution is 0.100. The highest BCUT2D eigenvalue weighted by Crippen LogP contribution is 2.27. The van der Waals surface area contributed by atoms with Crippen molar-refractivity contribution in [1.29, 1.82) is 0 Å². The molecule has 0 atom stereocenters. The van der Waals surface area contributed by atoms with Crippen molar-refractivity contribution < 1.29 is 4.79 Å². The van der Waals surface area contributed by atoms with Gasteiger partial charge in [0, 0.05) is 5.38 Å². The fraction of sp³-hybridized carbons (Fsp3) is 0.120. The van der Waals surface area contributed by atoms with Crippen LogP contribution in [0.4, 0.5) is 0 Å².